The molecule has 132 valence electrons. The largest absolute Gasteiger partial charge is 0.361 e. The number of amides is 3. The van der Waals surface area contributed by atoms with Crippen LogP contribution < -0.4 is 5.32 Å². The van der Waals surface area contributed by atoms with Gasteiger partial charge in [-0.2, -0.15) is 0 Å². The molecule has 1 saturated heterocycles. The summed E-state index contributed by atoms with van der Waals surface area (Å²) in [4.78, 5) is 42.9. The van der Waals surface area contributed by atoms with Gasteiger partial charge in [0, 0.05) is 28.4 Å². The Labute approximate surface area is 153 Å². The Kier molecular flexibility index (Phi) is 4.08. The number of urea groups is 1. The van der Waals surface area contributed by atoms with Crippen LogP contribution in [-0.4, -0.2) is 40.2 Å². The van der Waals surface area contributed by atoms with Crippen molar-refractivity contribution in [3.8, 4) is 0 Å². The number of Topliss-reactive ketones (excluding diaryl/α,β-unsaturated/α-hetero) is 1. The van der Waals surface area contributed by atoms with Crippen LogP contribution in [0.4, 0.5) is 4.79 Å². The second-order valence-electron chi connectivity index (χ2n) is 6.32. The summed E-state index contributed by atoms with van der Waals surface area (Å²) in [6.45, 7) is 1.68. The van der Waals surface area contributed by atoms with E-state index in [1.54, 1.807) is 6.07 Å². The predicted octanol–water partition coefficient (Wildman–Crippen LogP) is 2.88. The van der Waals surface area contributed by atoms with Crippen LogP contribution in [0.15, 0.2) is 42.6 Å². The van der Waals surface area contributed by atoms with Crippen LogP contribution in [-0.2, 0) is 11.2 Å². The number of aromatic amines is 1. The van der Waals surface area contributed by atoms with E-state index in [-0.39, 0.29) is 18.2 Å². The summed E-state index contributed by atoms with van der Waals surface area (Å²) in [6, 6.07) is 10.2. The molecule has 3 amide bonds. The molecule has 1 aliphatic heterocycles. The van der Waals surface area contributed by atoms with E-state index in [2.05, 4.69) is 10.3 Å². The highest BCUT2D eigenvalue weighted by Crippen LogP contribution is 2.22. The van der Waals surface area contributed by atoms with Gasteiger partial charge in [0.25, 0.3) is 5.91 Å². The van der Waals surface area contributed by atoms with Crippen molar-refractivity contribution in [2.75, 3.05) is 6.54 Å². The second-order valence-corrected chi connectivity index (χ2v) is 7.61. The molecule has 1 aliphatic rings. The molecule has 3 aromatic rings. The summed E-state index contributed by atoms with van der Waals surface area (Å²) in [5.41, 5.74) is 1.95. The van der Waals surface area contributed by atoms with E-state index in [1.165, 1.54) is 11.3 Å². The van der Waals surface area contributed by atoms with E-state index in [0.29, 0.717) is 11.3 Å². The number of hydrogen-bond acceptors (Lipinski definition) is 4. The zero-order valence-corrected chi connectivity index (χ0v) is 14.9. The number of imide groups is 1. The number of nitrogens with zero attached hydrogens (tertiary/aromatic N) is 1. The molecule has 4 rings (SSSR count). The van der Waals surface area contributed by atoms with Gasteiger partial charge in [0.1, 0.15) is 6.04 Å². The Bertz CT molecular complexity index is 1020. The lowest BCUT2D eigenvalue weighted by Crippen LogP contribution is -2.36. The highest BCUT2D eigenvalue weighted by Gasteiger charge is 2.39. The summed E-state index contributed by atoms with van der Waals surface area (Å²) < 4.78 is 0. The Morgan fingerprint density at radius 2 is 2.00 bits per heavy atom. The molecular formula is C19H17N3O3S. The molecule has 0 saturated carbocycles. The number of carbonyl (C=O) groups excluding carboxylic acids is 3. The third-order valence-electron chi connectivity index (χ3n) is 4.52. The first-order chi connectivity index (χ1) is 12.5. The number of ketones is 1. The molecule has 2 N–H and O–H groups in total. The third kappa shape index (κ3) is 2.90. The standard InChI is InChI=1S/C19H17N3O3S/c1-11-6-7-17(26-11)16(23)10-22-18(24)15(21-19(22)25)8-12-9-20-14-5-3-2-4-13(12)14/h2-7,9,15,20H,8,10H2,1H3,(H,21,25)/t15-/m1/s1. The molecule has 1 aromatic carbocycles. The molecule has 0 radical (unpaired) electrons. The summed E-state index contributed by atoms with van der Waals surface area (Å²) in [5, 5.41) is 3.72. The average molecular weight is 367 g/mol. The van der Waals surface area contributed by atoms with Gasteiger partial charge in [-0.1, -0.05) is 18.2 Å². The first-order valence-corrected chi connectivity index (χ1v) is 9.11. The highest BCUT2D eigenvalue weighted by atomic mass is 32.1. The van der Waals surface area contributed by atoms with E-state index in [4.69, 9.17) is 0 Å². The maximum Gasteiger partial charge on any atom is 0.325 e. The minimum atomic E-state index is -0.653. The average Bonchev–Trinajstić information content (AvgIpc) is 3.30. The molecule has 6 nitrogen and oxygen atoms in total. The number of para-hydroxylation sites is 1. The Morgan fingerprint density at radius 3 is 2.77 bits per heavy atom. The van der Waals surface area contributed by atoms with Crippen LogP contribution in [0.5, 0.6) is 0 Å². The van der Waals surface area contributed by atoms with Crippen LogP contribution in [0.3, 0.4) is 0 Å². The fourth-order valence-electron chi connectivity index (χ4n) is 3.19. The highest BCUT2D eigenvalue weighted by molar-refractivity contribution is 7.14. The van der Waals surface area contributed by atoms with Crippen molar-refractivity contribution in [1.82, 2.24) is 15.2 Å². The first-order valence-electron chi connectivity index (χ1n) is 8.29. The van der Waals surface area contributed by atoms with Crippen LogP contribution >= 0.6 is 11.3 Å². The van der Waals surface area contributed by atoms with Gasteiger partial charge in [0.2, 0.25) is 0 Å². The third-order valence-corrected chi connectivity index (χ3v) is 5.56. The first kappa shape index (κ1) is 16.5. The van der Waals surface area contributed by atoms with E-state index in [9.17, 15) is 14.4 Å². The lowest BCUT2D eigenvalue weighted by Gasteiger charge is -2.11. The van der Waals surface area contributed by atoms with Gasteiger partial charge in [-0.3, -0.25) is 14.5 Å². The van der Waals surface area contributed by atoms with Crippen LogP contribution in [0.25, 0.3) is 10.9 Å². The number of H-pyrrole nitrogens is 1. The number of benzene rings is 1. The smallest absolute Gasteiger partial charge is 0.325 e. The molecule has 26 heavy (non-hydrogen) atoms. The predicted molar refractivity (Wildman–Crippen MR) is 99.4 cm³/mol. The Morgan fingerprint density at radius 1 is 1.19 bits per heavy atom. The van der Waals surface area contributed by atoms with Gasteiger partial charge in [-0.25, -0.2) is 4.79 Å². The lowest BCUT2D eigenvalue weighted by atomic mass is 10.1. The second kappa shape index (κ2) is 6.42. The molecule has 1 fully saturated rings. The molecule has 7 heteroatoms. The van der Waals surface area contributed by atoms with Crippen LogP contribution in [0, 0.1) is 6.92 Å². The van der Waals surface area contributed by atoms with Gasteiger partial charge >= 0.3 is 6.03 Å². The molecule has 0 spiro atoms. The zero-order valence-electron chi connectivity index (χ0n) is 14.1. The number of fused-ring (bicyclic) bond motifs is 1. The molecule has 0 aliphatic carbocycles. The van der Waals surface area contributed by atoms with E-state index >= 15 is 0 Å². The SMILES string of the molecule is Cc1ccc(C(=O)CN2C(=O)N[C@H](Cc3c[nH]c4ccccc34)C2=O)s1. The van der Waals surface area contributed by atoms with E-state index < -0.39 is 12.1 Å². The number of aryl methyl sites for hydroxylation is 1. The number of rotatable bonds is 5. The minimum Gasteiger partial charge on any atom is -0.361 e. The monoisotopic (exact) mass is 367 g/mol. The van der Waals surface area contributed by atoms with Crippen molar-refractivity contribution < 1.29 is 14.4 Å². The van der Waals surface area contributed by atoms with Crippen molar-refractivity contribution in [2.45, 2.75) is 19.4 Å². The zero-order chi connectivity index (χ0) is 18.3. The van der Waals surface area contributed by atoms with Crippen molar-refractivity contribution in [2.24, 2.45) is 0 Å². The minimum absolute atomic E-state index is 0.223. The van der Waals surface area contributed by atoms with E-state index in [1.807, 2.05) is 43.5 Å². The topological polar surface area (TPSA) is 82.3 Å². The molecule has 3 heterocycles. The van der Waals surface area contributed by atoms with Crippen molar-refractivity contribution in [1.29, 1.82) is 0 Å². The van der Waals surface area contributed by atoms with Crippen molar-refractivity contribution in [3.63, 3.8) is 0 Å². The summed E-state index contributed by atoms with van der Waals surface area (Å²) in [7, 11) is 0. The maximum atomic E-state index is 12.6. The van der Waals surface area contributed by atoms with Gasteiger partial charge in [0.05, 0.1) is 11.4 Å². The van der Waals surface area contributed by atoms with E-state index in [0.717, 1.165) is 26.2 Å². The number of nitrogens with one attached hydrogen (secondary N) is 2. The summed E-state index contributed by atoms with van der Waals surface area (Å²) in [6.07, 6.45) is 2.24. The maximum absolute atomic E-state index is 12.6. The van der Waals surface area contributed by atoms with Gasteiger partial charge in [-0.05, 0) is 30.7 Å². The Hall–Kier alpha value is -2.93. The number of hydrogen-bond donors (Lipinski definition) is 2. The number of thiophene rings is 1. The normalized spacial score (nSPS) is 17.1. The molecule has 2 aromatic heterocycles. The summed E-state index contributed by atoms with van der Waals surface area (Å²) in [5.74, 6) is -0.582. The molecular weight excluding hydrogens is 350 g/mol. The van der Waals surface area contributed by atoms with Gasteiger partial charge < -0.3 is 10.3 Å². The fraction of sp³-hybridized carbons (Fsp3) is 0.211. The molecule has 1 atom stereocenters. The van der Waals surface area contributed by atoms with Gasteiger partial charge in [-0.15, -0.1) is 11.3 Å². The molecule has 0 unspecified atom stereocenters. The number of carbonyl (C=O) groups is 3. The fourth-order valence-corrected chi connectivity index (χ4v) is 3.99. The Balaban J connectivity index is 1.49. The number of aromatic nitrogens is 1. The van der Waals surface area contributed by atoms with Crippen molar-refractivity contribution >= 4 is 40.0 Å². The van der Waals surface area contributed by atoms with Crippen LogP contribution in [0.1, 0.15) is 20.1 Å². The summed E-state index contributed by atoms with van der Waals surface area (Å²) >= 11 is 1.36. The molecule has 0 bridgehead atoms. The quantitative estimate of drug-likeness (QED) is 0.537. The van der Waals surface area contributed by atoms with Gasteiger partial charge in [0.15, 0.2) is 5.78 Å². The van der Waals surface area contributed by atoms with Crippen molar-refractivity contribution in [3.05, 3.63) is 57.9 Å². The van der Waals surface area contributed by atoms with Crippen LogP contribution in [0.2, 0.25) is 0 Å². The lowest BCUT2D eigenvalue weighted by molar-refractivity contribution is -0.127.